The van der Waals surface area contributed by atoms with E-state index in [1.165, 1.54) is 20.3 Å². The van der Waals surface area contributed by atoms with Crippen molar-refractivity contribution in [1.29, 1.82) is 0 Å². The predicted molar refractivity (Wildman–Crippen MR) is 94.2 cm³/mol. The Morgan fingerprint density at radius 2 is 1.96 bits per heavy atom. The number of rotatable bonds is 9. The molecule has 0 fully saturated rings. The zero-order valence-electron chi connectivity index (χ0n) is 14.8. The average molecular weight is 358 g/mol. The second kappa shape index (κ2) is 8.77. The minimum absolute atomic E-state index is 0.0175. The minimum atomic E-state index is -3.68. The number of sulfonamides is 1. The molecule has 0 unspecified atom stereocenters. The van der Waals surface area contributed by atoms with Crippen LogP contribution in [0.5, 0.6) is 11.5 Å². The summed E-state index contributed by atoms with van der Waals surface area (Å²) in [6, 6.07) is 4.77. The molecule has 1 rings (SSSR count). The van der Waals surface area contributed by atoms with Crippen molar-refractivity contribution < 1.29 is 22.7 Å². The van der Waals surface area contributed by atoms with Crippen LogP contribution in [-0.4, -0.2) is 47.4 Å². The number of ether oxygens (including phenoxy) is 2. The summed E-state index contributed by atoms with van der Waals surface area (Å²) in [6.07, 6.45) is 2.81. The van der Waals surface area contributed by atoms with Crippen molar-refractivity contribution in [1.82, 2.24) is 5.32 Å². The summed E-state index contributed by atoms with van der Waals surface area (Å²) >= 11 is 0. The van der Waals surface area contributed by atoms with Gasteiger partial charge < -0.3 is 14.8 Å². The third-order valence-corrected chi connectivity index (χ3v) is 4.60. The van der Waals surface area contributed by atoms with Crippen LogP contribution in [0.2, 0.25) is 0 Å². The molecule has 0 spiro atoms. The summed E-state index contributed by atoms with van der Waals surface area (Å²) in [6.45, 7) is 3.58. The fourth-order valence-corrected chi connectivity index (χ4v) is 3.18. The van der Waals surface area contributed by atoms with Crippen LogP contribution in [0.1, 0.15) is 26.7 Å². The van der Waals surface area contributed by atoms with E-state index in [0.29, 0.717) is 11.5 Å². The Morgan fingerprint density at radius 1 is 1.29 bits per heavy atom. The smallest absolute Gasteiger partial charge is 0.240 e. The van der Waals surface area contributed by atoms with Gasteiger partial charge in [0, 0.05) is 12.1 Å². The second-order valence-electron chi connectivity index (χ2n) is 5.56. The Labute approximate surface area is 144 Å². The van der Waals surface area contributed by atoms with E-state index >= 15 is 0 Å². The summed E-state index contributed by atoms with van der Waals surface area (Å²) in [7, 11) is -0.760. The normalized spacial score (nSPS) is 12.4. The summed E-state index contributed by atoms with van der Waals surface area (Å²) < 4.78 is 35.8. The molecular weight excluding hydrogens is 332 g/mol. The number of amides is 1. The fraction of sp³-hybridized carbons (Fsp3) is 0.562. The van der Waals surface area contributed by atoms with Gasteiger partial charge in [0.05, 0.1) is 26.2 Å². The maximum absolute atomic E-state index is 12.2. The highest BCUT2D eigenvalue weighted by Crippen LogP contribution is 2.33. The van der Waals surface area contributed by atoms with Gasteiger partial charge >= 0.3 is 0 Å². The number of nitrogens with one attached hydrogen (secondary N) is 1. The lowest BCUT2D eigenvalue weighted by Crippen LogP contribution is -2.43. The van der Waals surface area contributed by atoms with Crippen molar-refractivity contribution in [3.8, 4) is 11.5 Å². The predicted octanol–water partition coefficient (Wildman–Crippen LogP) is 1.77. The summed E-state index contributed by atoms with van der Waals surface area (Å²) in [5, 5.41) is 2.80. The first-order valence-corrected chi connectivity index (χ1v) is 9.56. The number of carbonyl (C=O) groups excluding carboxylic acids is 1. The maximum Gasteiger partial charge on any atom is 0.240 e. The molecule has 1 amide bonds. The van der Waals surface area contributed by atoms with E-state index in [1.807, 2.05) is 13.8 Å². The molecule has 0 aliphatic heterocycles. The minimum Gasteiger partial charge on any atom is -0.497 e. The lowest BCUT2D eigenvalue weighted by atomic mass is 10.2. The SMILES string of the molecule is CCC[C@H](C)NC(=O)CN(c1cc(OC)ccc1OC)S(C)(=O)=O. The Kier molecular flexibility index (Phi) is 7.34. The van der Waals surface area contributed by atoms with Crippen LogP contribution in [0.3, 0.4) is 0 Å². The van der Waals surface area contributed by atoms with E-state index in [2.05, 4.69) is 5.32 Å². The quantitative estimate of drug-likeness (QED) is 0.727. The molecular formula is C16H26N2O5S. The number of hydrogen-bond acceptors (Lipinski definition) is 5. The van der Waals surface area contributed by atoms with Crippen LogP contribution in [0.15, 0.2) is 18.2 Å². The van der Waals surface area contributed by atoms with Gasteiger partial charge in [0.1, 0.15) is 18.0 Å². The lowest BCUT2D eigenvalue weighted by molar-refractivity contribution is -0.120. The van der Waals surface area contributed by atoms with Gasteiger partial charge in [-0.15, -0.1) is 0 Å². The molecule has 1 N–H and O–H groups in total. The van der Waals surface area contributed by atoms with E-state index in [-0.39, 0.29) is 24.2 Å². The molecule has 0 aliphatic carbocycles. The van der Waals surface area contributed by atoms with Crippen LogP contribution >= 0.6 is 0 Å². The molecule has 8 heteroatoms. The van der Waals surface area contributed by atoms with E-state index < -0.39 is 10.0 Å². The van der Waals surface area contributed by atoms with Crippen molar-refractivity contribution in [2.24, 2.45) is 0 Å². The molecule has 0 aromatic heterocycles. The third-order valence-electron chi connectivity index (χ3n) is 3.47. The van der Waals surface area contributed by atoms with Crippen LogP contribution in [0.25, 0.3) is 0 Å². The largest absolute Gasteiger partial charge is 0.497 e. The highest BCUT2D eigenvalue weighted by molar-refractivity contribution is 7.92. The van der Waals surface area contributed by atoms with Crippen LogP contribution in [0, 0.1) is 0 Å². The Morgan fingerprint density at radius 3 is 2.46 bits per heavy atom. The Balaban J connectivity index is 3.13. The van der Waals surface area contributed by atoms with Gasteiger partial charge in [0.25, 0.3) is 0 Å². The maximum atomic E-state index is 12.2. The van der Waals surface area contributed by atoms with Crippen LogP contribution < -0.4 is 19.1 Å². The number of nitrogens with zero attached hydrogens (tertiary/aromatic N) is 1. The third kappa shape index (κ3) is 5.59. The molecule has 24 heavy (non-hydrogen) atoms. The van der Waals surface area contributed by atoms with Crippen LogP contribution in [0.4, 0.5) is 5.69 Å². The average Bonchev–Trinajstić information content (AvgIpc) is 2.51. The van der Waals surface area contributed by atoms with E-state index in [4.69, 9.17) is 9.47 Å². The molecule has 0 heterocycles. The highest BCUT2D eigenvalue weighted by Gasteiger charge is 2.25. The lowest BCUT2D eigenvalue weighted by Gasteiger charge is -2.25. The van der Waals surface area contributed by atoms with Gasteiger partial charge in [-0.25, -0.2) is 8.42 Å². The van der Waals surface area contributed by atoms with Crippen LogP contribution in [-0.2, 0) is 14.8 Å². The number of benzene rings is 1. The van der Waals surface area contributed by atoms with Crippen molar-refractivity contribution >= 4 is 21.6 Å². The molecule has 0 saturated carbocycles. The van der Waals surface area contributed by atoms with Gasteiger partial charge in [-0.1, -0.05) is 13.3 Å². The Bertz CT molecular complexity index is 660. The summed E-state index contributed by atoms with van der Waals surface area (Å²) in [5.74, 6) is 0.445. The topological polar surface area (TPSA) is 84.9 Å². The molecule has 0 radical (unpaired) electrons. The summed E-state index contributed by atoms with van der Waals surface area (Å²) in [5.41, 5.74) is 0.262. The van der Waals surface area contributed by atoms with Gasteiger partial charge in [-0.2, -0.15) is 0 Å². The van der Waals surface area contributed by atoms with Gasteiger partial charge in [0.2, 0.25) is 15.9 Å². The number of anilines is 1. The molecule has 7 nitrogen and oxygen atoms in total. The van der Waals surface area contributed by atoms with E-state index in [1.54, 1.807) is 12.1 Å². The number of methoxy groups -OCH3 is 2. The Hall–Kier alpha value is -1.96. The van der Waals surface area contributed by atoms with Crippen molar-refractivity contribution in [2.75, 3.05) is 31.3 Å². The summed E-state index contributed by atoms with van der Waals surface area (Å²) in [4.78, 5) is 12.2. The molecule has 0 saturated heterocycles. The monoisotopic (exact) mass is 358 g/mol. The molecule has 1 aromatic carbocycles. The molecule has 0 bridgehead atoms. The van der Waals surface area contributed by atoms with E-state index in [9.17, 15) is 13.2 Å². The number of hydrogen-bond donors (Lipinski definition) is 1. The first-order valence-electron chi connectivity index (χ1n) is 7.72. The molecule has 1 atom stereocenters. The van der Waals surface area contributed by atoms with Crippen molar-refractivity contribution in [3.05, 3.63) is 18.2 Å². The first kappa shape index (κ1) is 20.1. The molecule has 0 aliphatic rings. The van der Waals surface area contributed by atoms with Crippen molar-refractivity contribution in [3.63, 3.8) is 0 Å². The zero-order chi connectivity index (χ0) is 18.3. The fourth-order valence-electron chi connectivity index (χ4n) is 2.33. The standard InChI is InChI=1S/C16H26N2O5S/c1-6-7-12(2)17-16(19)11-18(24(5,20)21)14-10-13(22-3)8-9-15(14)23-4/h8-10,12H,6-7,11H2,1-5H3,(H,17,19)/t12-/m0/s1. The van der Waals surface area contributed by atoms with Gasteiger partial charge in [-0.3, -0.25) is 9.10 Å². The second-order valence-corrected chi connectivity index (χ2v) is 7.47. The number of carbonyl (C=O) groups is 1. The van der Waals surface area contributed by atoms with Gasteiger partial charge in [0.15, 0.2) is 0 Å². The highest BCUT2D eigenvalue weighted by atomic mass is 32.2. The van der Waals surface area contributed by atoms with E-state index in [0.717, 1.165) is 23.4 Å². The molecule has 136 valence electrons. The molecule has 1 aromatic rings. The van der Waals surface area contributed by atoms with Crippen molar-refractivity contribution in [2.45, 2.75) is 32.7 Å². The van der Waals surface area contributed by atoms with Gasteiger partial charge in [-0.05, 0) is 25.5 Å². The first-order chi connectivity index (χ1) is 11.2. The zero-order valence-corrected chi connectivity index (χ0v) is 15.6.